The monoisotopic (exact) mass is 596 g/mol. The van der Waals surface area contributed by atoms with Crippen LogP contribution in [0.25, 0.3) is 10.9 Å². The van der Waals surface area contributed by atoms with Gasteiger partial charge in [0, 0.05) is 29.9 Å². The number of amides is 3. The second-order valence-electron chi connectivity index (χ2n) is 10.5. The van der Waals surface area contributed by atoms with Gasteiger partial charge in [-0.15, -0.1) is 0 Å². The number of carboxylic acid groups (broad SMARTS) is 1. The Kier molecular flexibility index (Phi) is 12.0. The van der Waals surface area contributed by atoms with Crippen LogP contribution >= 0.6 is 0 Å². The normalized spacial score (nSPS) is 14.7. The minimum Gasteiger partial charge on any atom is -0.508 e. The van der Waals surface area contributed by atoms with Crippen molar-refractivity contribution in [1.29, 1.82) is 0 Å². The SMILES string of the molecule is CC(O)C(NC(=O)C(N)CCCCN)C(=O)NC(Cc1c[nH]c2ccccc12)C(=O)NC(Cc1ccc(O)cc1)C(=O)O. The largest absolute Gasteiger partial charge is 0.508 e. The Hall–Kier alpha value is -4.46. The summed E-state index contributed by atoms with van der Waals surface area (Å²) in [6.07, 6.45) is 1.87. The van der Waals surface area contributed by atoms with Crippen LogP contribution in [-0.2, 0) is 32.0 Å². The molecule has 0 aliphatic rings. The fourth-order valence-corrected chi connectivity index (χ4v) is 4.64. The molecule has 3 amide bonds. The summed E-state index contributed by atoms with van der Waals surface area (Å²) in [5, 5.41) is 38.1. The molecule has 11 N–H and O–H groups in total. The summed E-state index contributed by atoms with van der Waals surface area (Å²) >= 11 is 0. The van der Waals surface area contributed by atoms with Crippen molar-refractivity contribution < 1.29 is 34.5 Å². The highest BCUT2D eigenvalue weighted by atomic mass is 16.4. The van der Waals surface area contributed by atoms with Gasteiger partial charge in [-0.3, -0.25) is 14.4 Å². The number of carbonyl (C=O) groups is 4. The van der Waals surface area contributed by atoms with Crippen molar-refractivity contribution in [3.05, 3.63) is 65.9 Å². The second-order valence-corrected chi connectivity index (χ2v) is 10.5. The molecule has 0 saturated heterocycles. The Morgan fingerprint density at radius 2 is 1.56 bits per heavy atom. The van der Waals surface area contributed by atoms with E-state index in [2.05, 4.69) is 20.9 Å². The number of nitrogens with two attached hydrogens (primary N) is 2. The first-order chi connectivity index (χ1) is 20.5. The number of phenols is 1. The summed E-state index contributed by atoms with van der Waals surface area (Å²) in [5.74, 6) is -3.55. The number of aromatic amines is 1. The summed E-state index contributed by atoms with van der Waals surface area (Å²) < 4.78 is 0. The third-order valence-electron chi connectivity index (χ3n) is 7.09. The van der Waals surface area contributed by atoms with E-state index >= 15 is 0 Å². The standard InChI is InChI=1S/C30H40N6O7/c1-17(37)26(36-27(39)22(32)7-4-5-13-31)29(41)34-24(15-19-16-33-23-8-3-2-6-21(19)23)28(40)35-25(30(42)43)14-18-9-11-20(38)12-10-18/h2-3,6,8-12,16-17,22,24-26,33,37-38H,4-5,7,13-15,31-32H2,1H3,(H,34,41)(H,35,40)(H,36,39)(H,42,43). The summed E-state index contributed by atoms with van der Waals surface area (Å²) in [7, 11) is 0. The number of hydrogen-bond donors (Lipinski definition) is 9. The van der Waals surface area contributed by atoms with Gasteiger partial charge in [-0.05, 0) is 55.6 Å². The molecule has 0 aliphatic heterocycles. The number of aliphatic carboxylic acids is 1. The molecule has 2 aromatic carbocycles. The van der Waals surface area contributed by atoms with E-state index in [1.165, 1.54) is 19.1 Å². The van der Waals surface area contributed by atoms with Gasteiger partial charge >= 0.3 is 5.97 Å². The predicted octanol–water partition coefficient (Wildman–Crippen LogP) is 0.0348. The number of rotatable bonds is 16. The van der Waals surface area contributed by atoms with Gasteiger partial charge in [0.2, 0.25) is 17.7 Å². The summed E-state index contributed by atoms with van der Waals surface area (Å²) in [4.78, 5) is 54.8. The van der Waals surface area contributed by atoms with Gasteiger partial charge in [0.25, 0.3) is 0 Å². The van der Waals surface area contributed by atoms with Crippen LogP contribution in [-0.4, -0.2) is 80.8 Å². The molecule has 3 rings (SSSR count). The molecule has 0 fully saturated rings. The van der Waals surface area contributed by atoms with Crippen molar-refractivity contribution in [1.82, 2.24) is 20.9 Å². The number of unbranched alkanes of at least 4 members (excludes halogenated alkanes) is 1. The van der Waals surface area contributed by atoms with Gasteiger partial charge in [0.05, 0.1) is 12.1 Å². The number of aromatic nitrogens is 1. The number of para-hydroxylation sites is 1. The first kappa shape index (κ1) is 33.0. The molecular formula is C30H40N6O7. The maximum Gasteiger partial charge on any atom is 0.326 e. The number of phenolic OH excluding ortho intramolecular Hbond substituents is 1. The predicted molar refractivity (Wildman–Crippen MR) is 160 cm³/mol. The number of carboxylic acids is 1. The Bertz CT molecular complexity index is 1390. The molecule has 3 aromatic rings. The van der Waals surface area contributed by atoms with Crippen LogP contribution in [0.5, 0.6) is 5.75 Å². The van der Waals surface area contributed by atoms with E-state index in [9.17, 15) is 34.5 Å². The zero-order chi connectivity index (χ0) is 31.5. The Labute approximate surface area is 249 Å². The number of carbonyl (C=O) groups excluding carboxylic acids is 3. The molecule has 43 heavy (non-hydrogen) atoms. The van der Waals surface area contributed by atoms with Crippen molar-refractivity contribution in [2.45, 2.75) is 69.3 Å². The van der Waals surface area contributed by atoms with E-state index in [-0.39, 0.29) is 18.6 Å². The van der Waals surface area contributed by atoms with Crippen molar-refractivity contribution in [2.75, 3.05) is 6.54 Å². The molecular weight excluding hydrogens is 556 g/mol. The van der Waals surface area contributed by atoms with Crippen LogP contribution in [0.15, 0.2) is 54.7 Å². The maximum atomic E-state index is 13.6. The van der Waals surface area contributed by atoms with E-state index in [1.807, 2.05) is 24.3 Å². The first-order valence-corrected chi connectivity index (χ1v) is 14.1. The zero-order valence-electron chi connectivity index (χ0n) is 24.0. The topological polar surface area (TPSA) is 233 Å². The Balaban J connectivity index is 1.82. The highest BCUT2D eigenvalue weighted by Gasteiger charge is 2.33. The quantitative estimate of drug-likeness (QED) is 0.101. The highest BCUT2D eigenvalue weighted by Crippen LogP contribution is 2.20. The van der Waals surface area contributed by atoms with Gasteiger partial charge in [0.1, 0.15) is 23.9 Å². The van der Waals surface area contributed by atoms with Crippen LogP contribution in [0, 0.1) is 0 Å². The van der Waals surface area contributed by atoms with Crippen LogP contribution in [0.4, 0.5) is 0 Å². The molecule has 13 heteroatoms. The number of aliphatic hydroxyl groups excluding tert-OH is 1. The molecule has 1 heterocycles. The van der Waals surface area contributed by atoms with Crippen molar-refractivity contribution in [2.24, 2.45) is 11.5 Å². The van der Waals surface area contributed by atoms with Crippen molar-refractivity contribution >= 4 is 34.6 Å². The second kappa shape index (κ2) is 15.7. The van der Waals surface area contributed by atoms with Crippen molar-refractivity contribution in [3.8, 4) is 5.75 Å². The third kappa shape index (κ3) is 9.53. The smallest absolute Gasteiger partial charge is 0.326 e. The fraction of sp³-hybridized carbons (Fsp3) is 0.400. The highest BCUT2D eigenvalue weighted by molar-refractivity contribution is 5.95. The van der Waals surface area contributed by atoms with Crippen LogP contribution in [0.3, 0.4) is 0 Å². The number of hydrogen-bond acceptors (Lipinski definition) is 8. The molecule has 1 aromatic heterocycles. The van der Waals surface area contributed by atoms with E-state index in [0.717, 1.165) is 10.9 Å². The van der Waals surface area contributed by atoms with E-state index in [1.54, 1.807) is 18.3 Å². The summed E-state index contributed by atoms with van der Waals surface area (Å²) in [6, 6.07) is 8.26. The van der Waals surface area contributed by atoms with Crippen LogP contribution in [0.1, 0.15) is 37.3 Å². The molecule has 5 unspecified atom stereocenters. The number of fused-ring (bicyclic) bond motifs is 1. The number of nitrogens with one attached hydrogen (secondary N) is 4. The Morgan fingerprint density at radius 3 is 2.21 bits per heavy atom. The lowest BCUT2D eigenvalue weighted by Gasteiger charge is -2.26. The molecule has 0 spiro atoms. The molecule has 232 valence electrons. The van der Waals surface area contributed by atoms with Crippen LogP contribution < -0.4 is 27.4 Å². The molecule has 13 nitrogen and oxygen atoms in total. The molecule has 5 atom stereocenters. The Morgan fingerprint density at radius 1 is 0.884 bits per heavy atom. The third-order valence-corrected chi connectivity index (χ3v) is 7.09. The molecule has 0 bridgehead atoms. The number of benzene rings is 2. The van der Waals surface area contributed by atoms with Gasteiger partial charge < -0.3 is 47.7 Å². The average molecular weight is 597 g/mol. The summed E-state index contributed by atoms with van der Waals surface area (Å²) in [6.45, 7) is 1.77. The maximum absolute atomic E-state index is 13.6. The van der Waals surface area contributed by atoms with Crippen LogP contribution in [0.2, 0.25) is 0 Å². The summed E-state index contributed by atoms with van der Waals surface area (Å²) in [5.41, 5.74) is 13.5. The lowest BCUT2D eigenvalue weighted by atomic mass is 10.0. The lowest BCUT2D eigenvalue weighted by molar-refractivity contribution is -0.142. The zero-order valence-corrected chi connectivity index (χ0v) is 24.0. The average Bonchev–Trinajstić information content (AvgIpc) is 3.38. The molecule has 0 aliphatic carbocycles. The molecule has 0 saturated carbocycles. The van der Waals surface area contributed by atoms with E-state index in [4.69, 9.17) is 11.5 Å². The molecule has 0 radical (unpaired) electrons. The van der Waals surface area contributed by atoms with E-state index in [0.29, 0.717) is 36.9 Å². The van der Waals surface area contributed by atoms with Gasteiger partial charge in [-0.2, -0.15) is 0 Å². The first-order valence-electron chi connectivity index (χ1n) is 14.1. The number of aromatic hydroxyl groups is 1. The van der Waals surface area contributed by atoms with Gasteiger partial charge in [0.15, 0.2) is 0 Å². The van der Waals surface area contributed by atoms with Gasteiger partial charge in [-0.25, -0.2) is 4.79 Å². The number of H-pyrrole nitrogens is 1. The van der Waals surface area contributed by atoms with Crippen molar-refractivity contribution in [3.63, 3.8) is 0 Å². The lowest BCUT2D eigenvalue weighted by Crippen LogP contribution is -2.60. The van der Waals surface area contributed by atoms with Gasteiger partial charge in [-0.1, -0.05) is 36.8 Å². The minimum absolute atomic E-state index is 0.0115. The fourth-order valence-electron chi connectivity index (χ4n) is 4.64. The van der Waals surface area contributed by atoms with E-state index < -0.39 is 54.0 Å². The minimum atomic E-state index is -1.43. The number of aliphatic hydroxyl groups is 1.